The van der Waals surface area contributed by atoms with E-state index in [-0.39, 0.29) is 0 Å². The molecule has 0 amide bonds. The Kier molecular flexibility index (Phi) is 3.78. The van der Waals surface area contributed by atoms with Crippen molar-refractivity contribution in [3.63, 3.8) is 0 Å². The normalized spacial score (nSPS) is 13.1. The summed E-state index contributed by atoms with van der Waals surface area (Å²) in [5.41, 5.74) is 3.15. The molecule has 1 aliphatic heterocycles. The molecule has 0 saturated carbocycles. The van der Waals surface area contributed by atoms with E-state index in [4.69, 9.17) is 9.47 Å². The van der Waals surface area contributed by atoms with E-state index in [0.29, 0.717) is 13.2 Å². The molecule has 3 rings (SSSR count). The molecule has 20 heavy (non-hydrogen) atoms. The Balaban J connectivity index is 1.72. The molecule has 0 radical (unpaired) electrons. The maximum atomic E-state index is 5.58. The lowest BCUT2D eigenvalue weighted by atomic mass is 10.2. The molecule has 2 heterocycles. The summed E-state index contributed by atoms with van der Waals surface area (Å²) in [5.74, 6) is 1.64. The monoisotopic (exact) mass is 334 g/mol. The minimum absolute atomic E-state index is 0.611. The predicted octanol–water partition coefficient (Wildman–Crippen LogP) is 3.54. The number of hydrogen-bond donors (Lipinski definition) is 1. The van der Waals surface area contributed by atoms with Gasteiger partial charge in [-0.25, -0.2) is 4.98 Å². The van der Waals surface area contributed by atoms with Gasteiger partial charge in [-0.3, -0.25) is 0 Å². The van der Waals surface area contributed by atoms with Crippen molar-refractivity contribution < 1.29 is 9.47 Å². The number of benzene rings is 1. The highest BCUT2D eigenvalue weighted by molar-refractivity contribution is 9.10. The standard InChI is InChI=1S/C15H15BrN2O2/c1-10-12(3-5-15(16)18-10)17-9-11-2-4-13-14(8-11)20-7-6-19-13/h2-5,8,17H,6-7,9H2,1H3. The molecule has 2 aromatic rings. The summed E-state index contributed by atoms with van der Waals surface area (Å²) in [6, 6.07) is 9.97. The third-order valence-electron chi connectivity index (χ3n) is 3.14. The Bertz CT molecular complexity index is 631. The number of nitrogens with one attached hydrogen (secondary N) is 1. The smallest absolute Gasteiger partial charge is 0.161 e. The van der Waals surface area contributed by atoms with E-state index in [1.807, 2.05) is 37.3 Å². The van der Waals surface area contributed by atoms with E-state index in [9.17, 15) is 0 Å². The Morgan fingerprint density at radius 2 is 1.95 bits per heavy atom. The van der Waals surface area contributed by atoms with Crippen molar-refractivity contribution in [2.45, 2.75) is 13.5 Å². The van der Waals surface area contributed by atoms with Gasteiger partial charge in [-0.15, -0.1) is 0 Å². The summed E-state index contributed by atoms with van der Waals surface area (Å²) in [4.78, 5) is 4.37. The summed E-state index contributed by atoms with van der Waals surface area (Å²) < 4.78 is 11.9. The molecule has 1 N–H and O–H groups in total. The first-order chi connectivity index (χ1) is 9.72. The lowest BCUT2D eigenvalue weighted by Crippen LogP contribution is -2.15. The maximum Gasteiger partial charge on any atom is 0.161 e. The molecule has 4 nitrogen and oxygen atoms in total. The predicted molar refractivity (Wildman–Crippen MR) is 81.4 cm³/mol. The second-order valence-electron chi connectivity index (χ2n) is 4.60. The molecular formula is C15H15BrN2O2. The van der Waals surface area contributed by atoms with Crippen molar-refractivity contribution in [3.8, 4) is 11.5 Å². The number of ether oxygens (including phenoxy) is 2. The van der Waals surface area contributed by atoms with Gasteiger partial charge in [0.1, 0.15) is 17.8 Å². The maximum absolute atomic E-state index is 5.58. The van der Waals surface area contributed by atoms with E-state index < -0.39 is 0 Å². The molecule has 0 spiro atoms. The van der Waals surface area contributed by atoms with Crippen LogP contribution in [-0.4, -0.2) is 18.2 Å². The SMILES string of the molecule is Cc1nc(Br)ccc1NCc1ccc2c(c1)OCCO2. The van der Waals surface area contributed by atoms with Crippen LogP contribution in [0.5, 0.6) is 11.5 Å². The third kappa shape index (κ3) is 2.88. The fraction of sp³-hybridized carbons (Fsp3) is 0.267. The minimum atomic E-state index is 0.611. The van der Waals surface area contributed by atoms with Gasteiger partial charge in [-0.05, 0) is 52.7 Å². The van der Waals surface area contributed by atoms with Crippen molar-refractivity contribution in [1.29, 1.82) is 0 Å². The Labute approximate surface area is 126 Å². The van der Waals surface area contributed by atoms with Crippen molar-refractivity contribution in [3.05, 3.63) is 46.2 Å². The average Bonchev–Trinajstić information content (AvgIpc) is 2.46. The molecule has 0 bridgehead atoms. The van der Waals surface area contributed by atoms with Gasteiger partial charge in [0.15, 0.2) is 11.5 Å². The number of halogens is 1. The number of hydrogen-bond acceptors (Lipinski definition) is 4. The fourth-order valence-corrected chi connectivity index (χ4v) is 2.51. The van der Waals surface area contributed by atoms with Crippen LogP contribution in [0.2, 0.25) is 0 Å². The van der Waals surface area contributed by atoms with E-state index in [1.54, 1.807) is 0 Å². The van der Waals surface area contributed by atoms with Gasteiger partial charge < -0.3 is 14.8 Å². The number of nitrogens with zero attached hydrogens (tertiary/aromatic N) is 1. The first kappa shape index (κ1) is 13.2. The zero-order valence-electron chi connectivity index (χ0n) is 11.1. The van der Waals surface area contributed by atoms with Gasteiger partial charge in [0.05, 0.1) is 11.4 Å². The number of anilines is 1. The van der Waals surface area contributed by atoms with E-state index >= 15 is 0 Å². The number of pyridine rings is 1. The molecule has 0 aliphatic carbocycles. The third-order valence-corrected chi connectivity index (χ3v) is 3.58. The molecule has 1 aromatic carbocycles. The van der Waals surface area contributed by atoms with Gasteiger partial charge in [0.25, 0.3) is 0 Å². The topological polar surface area (TPSA) is 43.4 Å². The van der Waals surface area contributed by atoms with Crippen LogP contribution in [0.4, 0.5) is 5.69 Å². The van der Waals surface area contributed by atoms with Gasteiger partial charge in [0.2, 0.25) is 0 Å². The Morgan fingerprint density at radius 1 is 1.15 bits per heavy atom. The molecule has 0 atom stereocenters. The summed E-state index contributed by atoms with van der Waals surface area (Å²) in [6.45, 7) is 3.94. The zero-order valence-corrected chi connectivity index (χ0v) is 12.7. The van der Waals surface area contributed by atoms with Crippen LogP contribution in [0.25, 0.3) is 0 Å². The highest BCUT2D eigenvalue weighted by Gasteiger charge is 2.11. The highest BCUT2D eigenvalue weighted by Crippen LogP contribution is 2.31. The van der Waals surface area contributed by atoms with Gasteiger partial charge in [-0.1, -0.05) is 6.07 Å². The molecule has 104 valence electrons. The van der Waals surface area contributed by atoms with Crippen molar-refractivity contribution in [1.82, 2.24) is 4.98 Å². The lowest BCUT2D eigenvalue weighted by molar-refractivity contribution is 0.171. The first-order valence-electron chi connectivity index (χ1n) is 6.48. The van der Waals surface area contributed by atoms with Gasteiger partial charge >= 0.3 is 0 Å². The second kappa shape index (κ2) is 5.71. The van der Waals surface area contributed by atoms with Crippen LogP contribution in [-0.2, 0) is 6.54 Å². The number of aromatic nitrogens is 1. The van der Waals surface area contributed by atoms with Crippen molar-refractivity contribution in [2.24, 2.45) is 0 Å². The number of aryl methyl sites for hydroxylation is 1. The van der Waals surface area contributed by atoms with E-state index in [2.05, 4.69) is 26.2 Å². The first-order valence-corrected chi connectivity index (χ1v) is 7.27. The molecular weight excluding hydrogens is 320 g/mol. The average molecular weight is 335 g/mol. The molecule has 0 unspecified atom stereocenters. The second-order valence-corrected chi connectivity index (χ2v) is 5.41. The van der Waals surface area contributed by atoms with E-state index in [0.717, 1.165) is 39.6 Å². The van der Waals surface area contributed by atoms with Crippen LogP contribution < -0.4 is 14.8 Å². The summed E-state index contributed by atoms with van der Waals surface area (Å²) in [7, 11) is 0. The van der Waals surface area contributed by atoms with Crippen molar-refractivity contribution >= 4 is 21.6 Å². The molecule has 0 saturated heterocycles. The van der Waals surface area contributed by atoms with Crippen molar-refractivity contribution in [2.75, 3.05) is 18.5 Å². The van der Waals surface area contributed by atoms with E-state index in [1.165, 1.54) is 0 Å². The number of rotatable bonds is 3. The van der Waals surface area contributed by atoms with Crippen LogP contribution >= 0.6 is 15.9 Å². The molecule has 0 fully saturated rings. The minimum Gasteiger partial charge on any atom is -0.486 e. The lowest BCUT2D eigenvalue weighted by Gasteiger charge is -2.19. The highest BCUT2D eigenvalue weighted by atomic mass is 79.9. The largest absolute Gasteiger partial charge is 0.486 e. The molecule has 1 aromatic heterocycles. The molecule has 1 aliphatic rings. The molecule has 5 heteroatoms. The van der Waals surface area contributed by atoms with Crippen LogP contribution in [0, 0.1) is 6.92 Å². The van der Waals surface area contributed by atoms with Gasteiger partial charge in [-0.2, -0.15) is 0 Å². The summed E-state index contributed by atoms with van der Waals surface area (Å²) in [5, 5.41) is 3.38. The summed E-state index contributed by atoms with van der Waals surface area (Å²) in [6.07, 6.45) is 0. The Morgan fingerprint density at radius 3 is 2.75 bits per heavy atom. The summed E-state index contributed by atoms with van der Waals surface area (Å²) >= 11 is 3.36. The van der Waals surface area contributed by atoms with Crippen LogP contribution in [0.15, 0.2) is 34.9 Å². The van der Waals surface area contributed by atoms with Gasteiger partial charge in [0, 0.05) is 6.54 Å². The number of fused-ring (bicyclic) bond motifs is 1. The zero-order chi connectivity index (χ0) is 13.9. The quantitative estimate of drug-likeness (QED) is 0.872. The van der Waals surface area contributed by atoms with Crippen LogP contribution in [0.3, 0.4) is 0 Å². The van der Waals surface area contributed by atoms with Crippen LogP contribution in [0.1, 0.15) is 11.3 Å². The Hall–Kier alpha value is -1.75. The fourth-order valence-electron chi connectivity index (χ4n) is 2.11.